The van der Waals surface area contributed by atoms with Crippen LogP contribution >= 0.6 is 35.8 Å². The lowest BCUT2D eigenvalue weighted by Crippen LogP contribution is -2.51. The Morgan fingerprint density at radius 2 is 1.92 bits per heavy atom. The van der Waals surface area contributed by atoms with Gasteiger partial charge >= 0.3 is 5.97 Å². The predicted molar refractivity (Wildman–Crippen MR) is 110 cm³/mol. The number of methoxy groups -OCH3 is 1. The molecular formula is C16H24N4O2S3. The lowest BCUT2D eigenvalue weighted by atomic mass is 9.96. The molecule has 0 unspecified atom stereocenters. The van der Waals surface area contributed by atoms with E-state index in [0.29, 0.717) is 26.8 Å². The Morgan fingerprint density at radius 3 is 2.56 bits per heavy atom. The summed E-state index contributed by atoms with van der Waals surface area (Å²) in [6.45, 7) is 2.03. The summed E-state index contributed by atoms with van der Waals surface area (Å²) >= 11 is 12.0. The number of thiocarbonyl (C=S) groups is 2. The fraction of sp³-hybridized carbons (Fsp3) is 0.562. The van der Waals surface area contributed by atoms with E-state index in [1.165, 1.54) is 37.7 Å². The Labute approximate surface area is 163 Å². The van der Waals surface area contributed by atoms with Gasteiger partial charge in [0, 0.05) is 10.9 Å². The van der Waals surface area contributed by atoms with Gasteiger partial charge in [-0.15, -0.1) is 11.3 Å². The van der Waals surface area contributed by atoms with Crippen molar-refractivity contribution >= 4 is 57.0 Å². The van der Waals surface area contributed by atoms with Crippen LogP contribution in [0.5, 0.6) is 0 Å². The van der Waals surface area contributed by atoms with Crippen LogP contribution in [0.4, 0.5) is 5.00 Å². The third-order valence-corrected chi connectivity index (χ3v) is 5.61. The van der Waals surface area contributed by atoms with Crippen molar-refractivity contribution in [3.05, 3.63) is 16.5 Å². The standard InChI is InChI=1S/C16H24N4O2S3/c1-3-11-9-12(14(21)22-2)13(25-11)18-16(24)20-19-15(23)17-10-7-5-4-6-8-10/h9-10H,3-8H2,1-2H3,(H2,17,19,23)(H2,18,20,24). The van der Waals surface area contributed by atoms with Crippen molar-refractivity contribution in [1.82, 2.24) is 16.2 Å². The Hall–Kier alpha value is -1.45. The first-order chi connectivity index (χ1) is 12.0. The quantitative estimate of drug-likeness (QED) is 0.349. The number of ether oxygens (including phenoxy) is 1. The van der Waals surface area contributed by atoms with E-state index in [1.54, 1.807) is 0 Å². The zero-order valence-corrected chi connectivity index (χ0v) is 16.9. The van der Waals surface area contributed by atoms with Crippen molar-refractivity contribution in [2.45, 2.75) is 51.5 Å². The summed E-state index contributed by atoms with van der Waals surface area (Å²) in [5.74, 6) is -0.385. The molecule has 2 rings (SSSR count). The zero-order chi connectivity index (χ0) is 18.2. The minimum absolute atomic E-state index is 0.336. The number of rotatable bonds is 4. The number of nitrogens with one attached hydrogen (secondary N) is 4. The normalized spacial score (nSPS) is 14.5. The average Bonchev–Trinajstić information content (AvgIpc) is 3.03. The van der Waals surface area contributed by atoms with Gasteiger partial charge in [0.15, 0.2) is 10.2 Å². The SMILES string of the molecule is CCc1cc(C(=O)OC)c(NC(=S)NNC(=S)NC2CCCCC2)s1. The van der Waals surface area contributed by atoms with Crippen LogP contribution in [-0.4, -0.2) is 29.3 Å². The number of thiophene rings is 1. The van der Waals surface area contributed by atoms with E-state index in [2.05, 4.69) is 21.5 Å². The molecule has 0 bridgehead atoms. The van der Waals surface area contributed by atoms with E-state index < -0.39 is 0 Å². The van der Waals surface area contributed by atoms with Gasteiger partial charge in [-0.2, -0.15) is 0 Å². The number of carbonyl (C=O) groups is 1. The zero-order valence-electron chi connectivity index (χ0n) is 14.4. The molecule has 0 aliphatic heterocycles. The second kappa shape index (κ2) is 9.88. The van der Waals surface area contributed by atoms with Crippen molar-refractivity contribution in [2.24, 2.45) is 0 Å². The Morgan fingerprint density at radius 1 is 1.24 bits per heavy atom. The van der Waals surface area contributed by atoms with Crippen LogP contribution < -0.4 is 21.5 Å². The molecule has 0 amide bonds. The van der Waals surface area contributed by atoms with Gasteiger partial charge in [0.05, 0.1) is 12.7 Å². The van der Waals surface area contributed by atoms with Gasteiger partial charge in [0.1, 0.15) is 5.00 Å². The first-order valence-electron chi connectivity index (χ1n) is 8.38. The maximum Gasteiger partial charge on any atom is 0.340 e. The summed E-state index contributed by atoms with van der Waals surface area (Å²) in [5.41, 5.74) is 6.22. The van der Waals surface area contributed by atoms with Crippen molar-refractivity contribution in [3.63, 3.8) is 0 Å². The molecular weight excluding hydrogens is 376 g/mol. The summed E-state index contributed by atoms with van der Waals surface area (Å²) in [4.78, 5) is 12.9. The van der Waals surface area contributed by atoms with Gasteiger partial charge < -0.3 is 15.4 Å². The third kappa shape index (κ3) is 6.09. The molecule has 1 fully saturated rings. The molecule has 0 spiro atoms. The lowest BCUT2D eigenvalue weighted by molar-refractivity contribution is 0.0602. The molecule has 1 saturated carbocycles. The molecule has 0 saturated heterocycles. The lowest BCUT2D eigenvalue weighted by Gasteiger charge is -2.24. The molecule has 1 aromatic rings. The van der Waals surface area contributed by atoms with Crippen molar-refractivity contribution in [3.8, 4) is 0 Å². The Bertz CT molecular complexity index is 627. The van der Waals surface area contributed by atoms with E-state index in [4.69, 9.17) is 29.2 Å². The Kier molecular flexibility index (Phi) is 7.86. The summed E-state index contributed by atoms with van der Waals surface area (Å²) in [6.07, 6.45) is 6.89. The van der Waals surface area contributed by atoms with Crippen LogP contribution in [0.3, 0.4) is 0 Å². The van der Waals surface area contributed by atoms with E-state index in [9.17, 15) is 4.79 Å². The van der Waals surface area contributed by atoms with E-state index in [-0.39, 0.29) is 5.97 Å². The summed E-state index contributed by atoms with van der Waals surface area (Å²) < 4.78 is 4.82. The highest BCUT2D eigenvalue weighted by atomic mass is 32.1. The van der Waals surface area contributed by atoms with Crippen LogP contribution in [0.1, 0.15) is 54.3 Å². The maximum atomic E-state index is 11.9. The molecule has 1 aliphatic carbocycles. The third-order valence-electron chi connectivity index (χ3n) is 3.99. The fourth-order valence-corrected chi connectivity index (χ4v) is 4.11. The van der Waals surface area contributed by atoms with Crippen molar-refractivity contribution in [1.29, 1.82) is 0 Å². The monoisotopic (exact) mass is 400 g/mol. The number of hydrazine groups is 1. The van der Waals surface area contributed by atoms with Gasteiger partial charge in [-0.25, -0.2) is 4.79 Å². The molecule has 9 heteroatoms. The van der Waals surface area contributed by atoms with Crippen molar-refractivity contribution in [2.75, 3.05) is 12.4 Å². The molecule has 1 aromatic heterocycles. The number of anilines is 1. The fourth-order valence-electron chi connectivity index (χ4n) is 2.69. The second-order valence-corrected chi connectivity index (χ2v) is 7.77. The van der Waals surface area contributed by atoms with Crippen LogP contribution in [0.15, 0.2) is 6.07 Å². The van der Waals surface area contributed by atoms with Crippen LogP contribution in [-0.2, 0) is 11.2 Å². The van der Waals surface area contributed by atoms with Crippen LogP contribution in [0.2, 0.25) is 0 Å². The molecule has 25 heavy (non-hydrogen) atoms. The predicted octanol–water partition coefficient (Wildman–Crippen LogP) is 3.10. The molecule has 138 valence electrons. The highest BCUT2D eigenvalue weighted by Crippen LogP contribution is 2.29. The summed E-state index contributed by atoms with van der Waals surface area (Å²) in [5, 5.41) is 7.83. The molecule has 6 nitrogen and oxygen atoms in total. The van der Waals surface area contributed by atoms with Crippen LogP contribution in [0, 0.1) is 0 Å². The van der Waals surface area contributed by atoms with Crippen LogP contribution in [0.25, 0.3) is 0 Å². The topological polar surface area (TPSA) is 74.4 Å². The maximum absolute atomic E-state index is 11.9. The second-order valence-electron chi connectivity index (χ2n) is 5.81. The molecule has 1 heterocycles. The minimum atomic E-state index is -0.385. The highest BCUT2D eigenvalue weighted by Gasteiger charge is 2.17. The molecule has 1 aliphatic rings. The van der Waals surface area contributed by atoms with E-state index in [1.807, 2.05) is 13.0 Å². The Balaban J connectivity index is 1.84. The van der Waals surface area contributed by atoms with Gasteiger partial charge in [0.2, 0.25) is 0 Å². The molecule has 4 N–H and O–H groups in total. The average molecular weight is 401 g/mol. The summed E-state index contributed by atoms with van der Waals surface area (Å²) in [7, 11) is 1.36. The first kappa shape index (κ1) is 19.9. The molecule has 0 radical (unpaired) electrons. The van der Waals surface area contributed by atoms with Crippen molar-refractivity contribution < 1.29 is 9.53 Å². The van der Waals surface area contributed by atoms with Gasteiger partial charge in [0.25, 0.3) is 0 Å². The molecule has 0 aromatic carbocycles. The van der Waals surface area contributed by atoms with E-state index >= 15 is 0 Å². The van der Waals surface area contributed by atoms with Gasteiger partial charge in [-0.3, -0.25) is 10.9 Å². The van der Waals surface area contributed by atoms with Gasteiger partial charge in [-0.05, 0) is 49.8 Å². The largest absolute Gasteiger partial charge is 0.465 e. The molecule has 0 atom stereocenters. The highest BCUT2D eigenvalue weighted by molar-refractivity contribution is 7.80. The first-order valence-corrected chi connectivity index (χ1v) is 10.0. The minimum Gasteiger partial charge on any atom is -0.465 e. The smallest absolute Gasteiger partial charge is 0.340 e. The van der Waals surface area contributed by atoms with E-state index in [0.717, 1.165) is 24.1 Å². The summed E-state index contributed by atoms with van der Waals surface area (Å²) in [6, 6.07) is 2.25. The number of esters is 1. The number of aryl methyl sites for hydroxylation is 1. The number of hydrogen-bond donors (Lipinski definition) is 4. The number of hydrogen-bond acceptors (Lipinski definition) is 5. The van der Waals surface area contributed by atoms with Gasteiger partial charge in [-0.1, -0.05) is 26.2 Å². The number of carbonyl (C=O) groups excluding carboxylic acids is 1.